The molecule has 4 nitrogen and oxygen atoms in total. The number of nitrogens with two attached hydrogens (primary N) is 1. The van der Waals surface area contributed by atoms with Gasteiger partial charge in [-0.1, -0.05) is 19.1 Å². The second-order valence-electron chi connectivity index (χ2n) is 3.80. The van der Waals surface area contributed by atoms with Crippen molar-refractivity contribution in [1.29, 1.82) is 0 Å². The monoisotopic (exact) mass is 244 g/mol. The lowest BCUT2D eigenvalue weighted by atomic mass is 10.3. The van der Waals surface area contributed by atoms with Crippen molar-refractivity contribution in [2.45, 2.75) is 13.3 Å². The highest BCUT2D eigenvalue weighted by atomic mass is 16.5. The normalized spacial score (nSPS) is 10.1. The Bertz CT molecular complexity index is 515. The van der Waals surface area contributed by atoms with Gasteiger partial charge in [0.05, 0.1) is 12.3 Å². The average Bonchev–Trinajstić information content (AvgIpc) is 2.40. The standard InChI is InChI=1S/C14H16N2O2/c1-2-10-17-12-7-3-4-8-13(12)18-14-11(15)6-5-9-16-14/h3-9H,2,10,15H2,1H3. The van der Waals surface area contributed by atoms with Crippen LogP contribution >= 0.6 is 0 Å². The third-order valence-electron chi connectivity index (χ3n) is 2.32. The van der Waals surface area contributed by atoms with Gasteiger partial charge in [-0.05, 0) is 30.7 Å². The number of nitrogens with zero attached hydrogens (tertiary/aromatic N) is 1. The summed E-state index contributed by atoms with van der Waals surface area (Å²) in [7, 11) is 0. The summed E-state index contributed by atoms with van der Waals surface area (Å²) in [5.74, 6) is 1.71. The largest absolute Gasteiger partial charge is 0.490 e. The smallest absolute Gasteiger partial charge is 0.242 e. The fourth-order valence-electron chi connectivity index (χ4n) is 1.46. The van der Waals surface area contributed by atoms with Crippen molar-refractivity contribution in [3.05, 3.63) is 42.6 Å². The van der Waals surface area contributed by atoms with Crippen LogP contribution < -0.4 is 15.2 Å². The molecule has 0 atom stereocenters. The van der Waals surface area contributed by atoms with Gasteiger partial charge in [0.15, 0.2) is 11.5 Å². The Hall–Kier alpha value is -2.23. The van der Waals surface area contributed by atoms with E-state index in [0.717, 1.165) is 6.42 Å². The zero-order valence-corrected chi connectivity index (χ0v) is 10.3. The fourth-order valence-corrected chi connectivity index (χ4v) is 1.46. The molecule has 0 aliphatic heterocycles. The lowest BCUT2D eigenvalue weighted by Gasteiger charge is -2.12. The van der Waals surface area contributed by atoms with Crippen molar-refractivity contribution in [2.75, 3.05) is 12.3 Å². The van der Waals surface area contributed by atoms with E-state index < -0.39 is 0 Å². The van der Waals surface area contributed by atoms with Crippen LogP contribution in [0.25, 0.3) is 0 Å². The molecule has 0 aliphatic carbocycles. The van der Waals surface area contributed by atoms with Crippen LogP contribution in [0.15, 0.2) is 42.6 Å². The van der Waals surface area contributed by atoms with Gasteiger partial charge in [-0.25, -0.2) is 4.98 Å². The van der Waals surface area contributed by atoms with E-state index in [1.54, 1.807) is 18.3 Å². The molecule has 0 bridgehead atoms. The molecule has 0 radical (unpaired) electrons. The molecule has 0 spiro atoms. The molecule has 1 heterocycles. The Morgan fingerprint density at radius 3 is 2.61 bits per heavy atom. The zero-order valence-electron chi connectivity index (χ0n) is 10.3. The van der Waals surface area contributed by atoms with Gasteiger partial charge in [-0.15, -0.1) is 0 Å². The molecule has 2 rings (SSSR count). The van der Waals surface area contributed by atoms with Gasteiger partial charge in [-0.2, -0.15) is 0 Å². The highest BCUT2D eigenvalue weighted by Crippen LogP contribution is 2.32. The Morgan fingerprint density at radius 2 is 1.89 bits per heavy atom. The predicted octanol–water partition coefficient (Wildman–Crippen LogP) is 3.24. The maximum Gasteiger partial charge on any atom is 0.242 e. The summed E-state index contributed by atoms with van der Waals surface area (Å²) in [6.07, 6.45) is 2.58. The molecule has 2 N–H and O–H groups in total. The second kappa shape index (κ2) is 5.91. The van der Waals surface area contributed by atoms with Gasteiger partial charge in [-0.3, -0.25) is 0 Å². The lowest BCUT2D eigenvalue weighted by Crippen LogP contribution is -1.99. The van der Waals surface area contributed by atoms with Crippen LogP contribution in [-0.2, 0) is 0 Å². The summed E-state index contributed by atoms with van der Waals surface area (Å²) >= 11 is 0. The number of rotatable bonds is 5. The van der Waals surface area contributed by atoms with Crippen molar-refractivity contribution in [1.82, 2.24) is 4.98 Å². The Kier molecular flexibility index (Phi) is 4.02. The number of hydrogen-bond donors (Lipinski definition) is 1. The first-order valence-corrected chi connectivity index (χ1v) is 5.91. The van der Waals surface area contributed by atoms with Gasteiger partial charge < -0.3 is 15.2 Å². The molecule has 1 aromatic heterocycles. The first-order chi connectivity index (χ1) is 8.81. The first-order valence-electron chi connectivity index (χ1n) is 5.91. The van der Waals surface area contributed by atoms with Gasteiger partial charge in [0.2, 0.25) is 5.88 Å². The van der Waals surface area contributed by atoms with Crippen LogP contribution in [0, 0.1) is 0 Å². The maximum absolute atomic E-state index is 5.79. The highest BCUT2D eigenvalue weighted by molar-refractivity contribution is 5.51. The van der Waals surface area contributed by atoms with Crippen LogP contribution in [0.1, 0.15) is 13.3 Å². The van der Waals surface area contributed by atoms with Crippen molar-refractivity contribution in [3.63, 3.8) is 0 Å². The molecule has 0 fully saturated rings. The minimum absolute atomic E-state index is 0.394. The molecule has 1 aromatic carbocycles. The summed E-state index contributed by atoms with van der Waals surface area (Å²) in [5.41, 5.74) is 6.29. The molecule has 0 unspecified atom stereocenters. The van der Waals surface area contributed by atoms with Gasteiger partial charge in [0.1, 0.15) is 0 Å². The van der Waals surface area contributed by atoms with Crippen LogP contribution in [0.4, 0.5) is 5.69 Å². The first kappa shape index (κ1) is 12.2. The molecule has 0 amide bonds. The summed E-state index contributed by atoms with van der Waals surface area (Å²) in [5, 5.41) is 0. The third kappa shape index (κ3) is 2.91. The Morgan fingerprint density at radius 1 is 1.11 bits per heavy atom. The van der Waals surface area contributed by atoms with Crippen molar-refractivity contribution >= 4 is 5.69 Å². The quantitative estimate of drug-likeness (QED) is 0.877. The maximum atomic E-state index is 5.79. The van der Waals surface area contributed by atoms with Crippen LogP contribution in [0.3, 0.4) is 0 Å². The van der Waals surface area contributed by atoms with Crippen molar-refractivity contribution in [3.8, 4) is 17.4 Å². The van der Waals surface area contributed by atoms with Crippen molar-refractivity contribution in [2.24, 2.45) is 0 Å². The van der Waals surface area contributed by atoms with E-state index in [2.05, 4.69) is 11.9 Å². The summed E-state index contributed by atoms with van der Waals surface area (Å²) in [6.45, 7) is 2.71. The second-order valence-corrected chi connectivity index (χ2v) is 3.80. The van der Waals surface area contributed by atoms with E-state index in [0.29, 0.717) is 29.7 Å². The van der Waals surface area contributed by atoms with E-state index in [4.69, 9.17) is 15.2 Å². The predicted molar refractivity (Wildman–Crippen MR) is 71.0 cm³/mol. The number of aromatic nitrogens is 1. The van der Waals surface area contributed by atoms with Crippen molar-refractivity contribution < 1.29 is 9.47 Å². The molecule has 2 aromatic rings. The van der Waals surface area contributed by atoms with E-state index in [-0.39, 0.29) is 0 Å². The topological polar surface area (TPSA) is 57.4 Å². The number of nitrogen functional groups attached to an aromatic ring is 1. The van der Waals surface area contributed by atoms with E-state index in [1.807, 2.05) is 24.3 Å². The molecular formula is C14H16N2O2. The number of anilines is 1. The average molecular weight is 244 g/mol. The van der Waals surface area contributed by atoms with Crippen LogP contribution in [-0.4, -0.2) is 11.6 Å². The van der Waals surface area contributed by atoms with E-state index >= 15 is 0 Å². The lowest BCUT2D eigenvalue weighted by molar-refractivity contribution is 0.301. The van der Waals surface area contributed by atoms with E-state index in [1.165, 1.54) is 0 Å². The zero-order chi connectivity index (χ0) is 12.8. The summed E-state index contributed by atoms with van der Waals surface area (Å²) < 4.78 is 11.3. The van der Waals surface area contributed by atoms with Gasteiger partial charge >= 0.3 is 0 Å². The SMILES string of the molecule is CCCOc1ccccc1Oc1ncccc1N. The van der Waals surface area contributed by atoms with Gasteiger partial charge in [0.25, 0.3) is 0 Å². The molecule has 0 aliphatic rings. The molecule has 4 heteroatoms. The van der Waals surface area contributed by atoms with Crippen LogP contribution in [0.5, 0.6) is 17.4 Å². The van der Waals surface area contributed by atoms with Gasteiger partial charge in [0, 0.05) is 6.20 Å². The Balaban J connectivity index is 2.21. The minimum Gasteiger partial charge on any atom is -0.490 e. The fraction of sp³-hybridized carbons (Fsp3) is 0.214. The third-order valence-corrected chi connectivity index (χ3v) is 2.32. The van der Waals surface area contributed by atoms with E-state index in [9.17, 15) is 0 Å². The number of ether oxygens (including phenoxy) is 2. The van der Waals surface area contributed by atoms with Crippen LogP contribution in [0.2, 0.25) is 0 Å². The molecule has 94 valence electrons. The molecule has 0 saturated carbocycles. The highest BCUT2D eigenvalue weighted by Gasteiger charge is 2.08. The Labute approximate surface area is 106 Å². The summed E-state index contributed by atoms with van der Waals surface area (Å²) in [4.78, 5) is 4.09. The number of benzene rings is 1. The number of pyridine rings is 1. The summed E-state index contributed by atoms with van der Waals surface area (Å²) in [6, 6.07) is 11.0. The number of para-hydroxylation sites is 2. The minimum atomic E-state index is 0.394. The molecular weight excluding hydrogens is 228 g/mol. The molecule has 18 heavy (non-hydrogen) atoms. The number of hydrogen-bond acceptors (Lipinski definition) is 4. The molecule has 0 saturated heterocycles.